The van der Waals surface area contributed by atoms with E-state index in [2.05, 4.69) is 55.3 Å². The van der Waals surface area contributed by atoms with Crippen molar-refractivity contribution >= 4 is 0 Å². The highest BCUT2D eigenvalue weighted by Crippen LogP contribution is 2.23. The van der Waals surface area contributed by atoms with E-state index in [4.69, 9.17) is 0 Å². The van der Waals surface area contributed by atoms with Crippen molar-refractivity contribution in [3.05, 3.63) is 47.5 Å². The number of aromatic nitrogens is 3. The predicted octanol–water partition coefficient (Wildman–Crippen LogP) is 2.19. The third-order valence-corrected chi connectivity index (χ3v) is 5.33. The number of hydrogen-bond donors (Lipinski definition) is 1. The lowest BCUT2D eigenvalue weighted by Crippen LogP contribution is -2.31. The van der Waals surface area contributed by atoms with Gasteiger partial charge in [-0.2, -0.15) is 0 Å². The fourth-order valence-electron chi connectivity index (χ4n) is 3.87. The molecule has 0 bridgehead atoms. The molecule has 0 radical (unpaired) electrons. The van der Waals surface area contributed by atoms with E-state index in [9.17, 15) is 0 Å². The van der Waals surface area contributed by atoms with E-state index in [1.165, 1.54) is 30.7 Å². The maximum atomic E-state index is 4.51. The van der Waals surface area contributed by atoms with E-state index in [0.717, 1.165) is 51.4 Å². The van der Waals surface area contributed by atoms with Gasteiger partial charge in [0, 0.05) is 32.6 Å². The van der Waals surface area contributed by atoms with Gasteiger partial charge in [0.25, 0.3) is 0 Å². The molecule has 1 aromatic carbocycles. The molecule has 2 aromatic rings. The van der Waals surface area contributed by atoms with Gasteiger partial charge in [-0.1, -0.05) is 36.8 Å². The van der Waals surface area contributed by atoms with Crippen LogP contribution >= 0.6 is 0 Å². The van der Waals surface area contributed by atoms with Crippen LogP contribution < -0.4 is 5.32 Å². The minimum atomic E-state index is 0.399. The molecule has 5 nitrogen and oxygen atoms in total. The van der Waals surface area contributed by atoms with Crippen LogP contribution in [0.25, 0.3) is 0 Å². The molecule has 1 unspecified atom stereocenters. The summed E-state index contributed by atoms with van der Waals surface area (Å²) in [6.07, 6.45) is 5.90. The maximum absolute atomic E-state index is 4.51. The third kappa shape index (κ3) is 3.52. The van der Waals surface area contributed by atoms with Crippen molar-refractivity contribution in [1.82, 2.24) is 25.0 Å². The highest BCUT2D eigenvalue weighted by Gasteiger charge is 2.24. The second-order valence-corrected chi connectivity index (χ2v) is 6.96. The van der Waals surface area contributed by atoms with E-state index >= 15 is 0 Å². The molecule has 0 spiro atoms. The molecule has 1 N–H and O–H groups in total. The normalized spacial score (nSPS) is 22.1. The molecule has 5 heteroatoms. The molecule has 1 fully saturated rings. The lowest BCUT2D eigenvalue weighted by Gasteiger charge is -2.24. The first-order valence-electron chi connectivity index (χ1n) is 9.32. The Morgan fingerprint density at radius 3 is 2.79 bits per heavy atom. The lowest BCUT2D eigenvalue weighted by atomic mass is 10.0. The Hall–Kier alpha value is -1.72. The Kier molecular flexibility index (Phi) is 4.90. The molecule has 0 saturated carbocycles. The topological polar surface area (TPSA) is 46.0 Å². The van der Waals surface area contributed by atoms with Crippen LogP contribution in [0.5, 0.6) is 0 Å². The molecule has 0 amide bonds. The molecule has 2 aliphatic heterocycles. The van der Waals surface area contributed by atoms with Gasteiger partial charge in [-0.25, -0.2) is 0 Å². The Labute approximate surface area is 144 Å². The predicted molar refractivity (Wildman–Crippen MR) is 94.9 cm³/mol. The van der Waals surface area contributed by atoms with E-state index < -0.39 is 0 Å². The summed E-state index contributed by atoms with van der Waals surface area (Å²) in [7, 11) is 0. The van der Waals surface area contributed by atoms with Crippen molar-refractivity contribution in [2.45, 2.75) is 44.7 Å². The van der Waals surface area contributed by atoms with Gasteiger partial charge in [0.15, 0.2) is 0 Å². The van der Waals surface area contributed by atoms with E-state index in [-0.39, 0.29) is 0 Å². The minimum Gasteiger partial charge on any atom is -0.312 e. The summed E-state index contributed by atoms with van der Waals surface area (Å²) in [6, 6.07) is 11.2. The Morgan fingerprint density at radius 2 is 1.96 bits per heavy atom. The lowest BCUT2D eigenvalue weighted by molar-refractivity contribution is 0.279. The van der Waals surface area contributed by atoms with Gasteiger partial charge < -0.3 is 14.8 Å². The molecule has 128 valence electrons. The zero-order valence-electron chi connectivity index (χ0n) is 14.3. The van der Waals surface area contributed by atoms with Crippen LogP contribution in [0.4, 0.5) is 0 Å². The molecule has 1 saturated heterocycles. The summed E-state index contributed by atoms with van der Waals surface area (Å²) in [5, 5.41) is 12.6. The van der Waals surface area contributed by atoms with Crippen molar-refractivity contribution in [2.24, 2.45) is 0 Å². The van der Waals surface area contributed by atoms with Crippen LogP contribution in [0.2, 0.25) is 0 Å². The molecular weight excluding hydrogens is 298 g/mol. The summed E-state index contributed by atoms with van der Waals surface area (Å²) in [5.41, 5.74) is 1.42. The summed E-state index contributed by atoms with van der Waals surface area (Å²) in [4.78, 5) is 2.57. The van der Waals surface area contributed by atoms with Gasteiger partial charge >= 0.3 is 0 Å². The highest BCUT2D eigenvalue weighted by atomic mass is 15.3. The summed E-state index contributed by atoms with van der Waals surface area (Å²) in [5.74, 6) is 2.33. The van der Waals surface area contributed by atoms with Crippen molar-refractivity contribution in [2.75, 3.05) is 26.2 Å². The van der Waals surface area contributed by atoms with E-state index in [0.29, 0.717) is 6.04 Å². The molecule has 1 aromatic heterocycles. The highest BCUT2D eigenvalue weighted by molar-refractivity contribution is 5.15. The Bertz CT molecular complexity index is 645. The van der Waals surface area contributed by atoms with Crippen molar-refractivity contribution in [3.8, 4) is 0 Å². The van der Waals surface area contributed by atoms with E-state index in [1.807, 2.05) is 0 Å². The number of piperidine rings is 1. The molecule has 0 aliphatic carbocycles. The SMILES string of the molecule is c1ccc(CCN2CCc3nnc(C4CCCCN4)n3CC2)cc1. The largest absolute Gasteiger partial charge is 0.312 e. The van der Waals surface area contributed by atoms with Gasteiger partial charge in [0.05, 0.1) is 6.04 Å². The first-order valence-corrected chi connectivity index (χ1v) is 9.32. The quantitative estimate of drug-likeness (QED) is 0.936. The zero-order valence-corrected chi connectivity index (χ0v) is 14.3. The van der Waals surface area contributed by atoms with Crippen LogP contribution in [0, 0.1) is 0 Å². The summed E-state index contributed by atoms with van der Waals surface area (Å²) >= 11 is 0. The second-order valence-electron chi connectivity index (χ2n) is 6.96. The smallest absolute Gasteiger partial charge is 0.150 e. The first kappa shape index (κ1) is 15.8. The summed E-state index contributed by atoms with van der Waals surface area (Å²) in [6.45, 7) is 5.43. The van der Waals surface area contributed by atoms with Gasteiger partial charge in [0.2, 0.25) is 0 Å². The van der Waals surface area contributed by atoms with Crippen molar-refractivity contribution < 1.29 is 0 Å². The van der Waals surface area contributed by atoms with Gasteiger partial charge in [-0.3, -0.25) is 0 Å². The van der Waals surface area contributed by atoms with Crippen LogP contribution in [0.1, 0.15) is 42.5 Å². The number of rotatable bonds is 4. The number of nitrogens with zero attached hydrogens (tertiary/aromatic N) is 4. The monoisotopic (exact) mass is 325 g/mol. The number of nitrogens with one attached hydrogen (secondary N) is 1. The fraction of sp³-hybridized carbons (Fsp3) is 0.579. The van der Waals surface area contributed by atoms with Crippen LogP contribution in [-0.2, 0) is 19.4 Å². The number of benzene rings is 1. The molecule has 4 rings (SSSR count). The molecule has 3 heterocycles. The Morgan fingerprint density at radius 1 is 1.04 bits per heavy atom. The van der Waals surface area contributed by atoms with Crippen LogP contribution in [-0.4, -0.2) is 45.8 Å². The van der Waals surface area contributed by atoms with Gasteiger partial charge in [-0.05, 0) is 31.4 Å². The van der Waals surface area contributed by atoms with Gasteiger partial charge in [-0.15, -0.1) is 10.2 Å². The second kappa shape index (κ2) is 7.45. The average Bonchev–Trinajstić information content (AvgIpc) is 2.95. The summed E-state index contributed by atoms with van der Waals surface area (Å²) < 4.78 is 2.38. The fourth-order valence-corrected chi connectivity index (χ4v) is 3.87. The number of fused-ring (bicyclic) bond motifs is 1. The van der Waals surface area contributed by atoms with Gasteiger partial charge in [0.1, 0.15) is 11.6 Å². The first-order chi connectivity index (χ1) is 11.9. The standard InChI is InChI=1S/C19H27N5/c1-2-6-16(7-3-1)9-12-23-13-10-18-21-22-19(24(18)15-14-23)17-8-4-5-11-20-17/h1-3,6-7,17,20H,4-5,8-15H2. The molecule has 24 heavy (non-hydrogen) atoms. The molecular formula is C19H27N5. The van der Waals surface area contributed by atoms with Crippen molar-refractivity contribution in [1.29, 1.82) is 0 Å². The Balaban J connectivity index is 1.38. The minimum absolute atomic E-state index is 0.399. The third-order valence-electron chi connectivity index (χ3n) is 5.33. The molecule has 2 aliphatic rings. The van der Waals surface area contributed by atoms with Crippen LogP contribution in [0.3, 0.4) is 0 Å². The van der Waals surface area contributed by atoms with E-state index in [1.54, 1.807) is 0 Å². The van der Waals surface area contributed by atoms with Crippen LogP contribution in [0.15, 0.2) is 30.3 Å². The number of hydrogen-bond acceptors (Lipinski definition) is 4. The average molecular weight is 325 g/mol. The molecule has 1 atom stereocenters. The van der Waals surface area contributed by atoms with Crippen molar-refractivity contribution in [3.63, 3.8) is 0 Å². The zero-order chi connectivity index (χ0) is 16.2. The maximum Gasteiger partial charge on any atom is 0.150 e.